The van der Waals surface area contributed by atoms with Gasteiger partial charge in [-0.15, -0.1) is 10.2 Å². The Hall–Kier alpha value is -2.26. The topological polar surface area (TPSA) is 63.2 Å². The summed E-state index contributed by atoms with van der Waals surface area (Å²) in [5, 5.41) is 11.5. The van der Waals surface area contributed by atoms with Gasteiger partial charge < -0.3 is 15.0 Å². The molecule has 0 radical (unpaired) electrons. The molecule has 2 aromatic heterocycles. The number of ether oxygens (including phenoxy) is 1. The number of nitrogens with one attached hydrogen (secondary N) is 1. The van der Waals surface area contributed by atoms with Crippen molar-refractivity contribution in [1.29, 1.82) is 0 Å². The number of pyridine rings is 1. The molecule has 0 aromatic carbocycles. The van der Waals surface area contributed by atoms with Crippen molar-refractivity contribution in [3.8, 4) is 11.3 Å². The maximum atomic E-state index is 13.2. The van der Waals surface area contributed by atoms with Crippen LogP contribution in [-0.2, 0) is 10.9 Å². The molecule has 1 aliphatic carbocycles. The molecule has 2 aliphatic heterocycles. The summed E-state index contributed by atoms with van der Waals surface area (Å²) in [6.45, 7) is 1.46. The van der Waals surface area contributed by atoms with Crippen LogP contribution in [0.25, 0.3) is 11.3 Å². The highest BCUT2D eigenvalue weighted by atomic mass is 19.4. The van der Waals surface area contributed by atoms with E-state index in [4.69, 9.17) is 7.48 Å². The third-order valence-electron chi connectivity index (χ3n) is 6.71. The fourth-order valence-electron chi connectivity index (χ4n) is 5.21. The molecule has 6 nitrogen and oxygen atoms in total. The predicted octanol–water partition coefficient (Wildman–Crippen LogP) is 4.11. The molecule has 1 N–H and O–H groups in total. The van der Waals surface area contributed by atoms with Gasteiger partial charge >= 0.3 is 6.18 Å². The minimum Gasteiger partial charge on any atom is -0.381 e. The predicted molar refractivity (Wildman–Crippen MR) is 114 cm³/mol. The number of halogens is 3. The summed E-state index contributed by atoms with van der Waals surface area (Å²) in [5.41, 5.74) is -0.942. The standard InChI is InChI=1S/C23H28F3N5O/c24-23(25,26)22-19(2-1-7-27-22)20-3-4-21(30-29-20)28-18-10-16-13-31(14-17(16)11-18)12-15-5-8-32-9-6-15/h1-4,7,15-18H,5-6,8-14H2,(H,28,30)/i12D2. The number of likely N-dealkylation sites (tertiary alicyclic amines) is 1. The van der Waals surface area contributed by atoms with Gasteiger partial charge in [0.2, 0.25) is 0 Å². The Bertz CT molecular complexity index is 987. The lowest BCUT2D eigenvalue weighted by atomic mass is 10.00. The Morgan fingerprint density at radius 1 is 1.09 bits per heavy atom. The van der Waals surface area contributed by atoms with Gasteiger partial charge in [0.15, 0.2) is 5.69 Å². The van der Waals surface area contributed by atoms with Gasteiger partial charge in [0.1, 0.15) is 5.82 Å². The zero-order valence-corrected chi connectivity index (χ0v) is 17.7. The molecule has 4 heterocycles. The van der Waals surface area contributed by atoms with E-state index in [-0.39, 0.29) is 23.2 Å². The quantitative estimate of drug-likeness (QED) is 0.742. The number of hydrogen-bond acceptors (Lipinski definition) is 6. The minimum absolute atomic E-state index is 0.0143. The van der Waals surface area contributed by atoms with Gasteiger partial charge in [0.05, 0.1) is 5.69 Å². The first-order valence-electron chi connectivity index (χ1n) is 12.2. The number of nitrogens with zero attached hydrogens (tertiary/aromatic N) is 4. The smallest absolute Gasteiger partial charge is 0.381 e. The Morgan fingerprint density at radius 2 is 1.84 bits per heavy atom. The van der Waals surface area contributed by atoms with Crippen LogP contribution in [0.5, 0.6) is 0 Å². The maximum absolute atomic E-state index is 13.2. The molecule has 2 unspecified atom stereocenters. The normalized spacial score (nSPS) is 28.3. The van der Waals surface area contributed by atoms with Crippen molar-refractivity contribution in [2.24, 2.45) is 17.8 Å². The highest BCUT2D eigenvalue weighted by molar-refractivity contribution is 5.62. The van der Waals surface area contributed by atoms with Gasteiger partial charge in [-0.3, -0.25) is 4.98 Å². The largest absolute Gasteiger partial charge is 0.434 e. The van der Waals surface area contributed by atoms with Crippen molar-refractivity contribution < 1.29 is 20.6 Å². The van der Waals surface area contributed by atoms with E-state index in [1.165, 1.54) is 18.2 Å². The summed E-state index contributed by atoms with van der Waals surface area (Å²) >= 11 is 0. The Morgan fingerprint density at radius 3 is 2.50 bits per heavy atom. The third kappa shape index (κ3) is 4.73. The average Bonchev–Trinajstić information content (AvgIpc) is 3.39. The summed E-state index contributed by atoms with van der Waals surface area (Å²) in [6.07, 6.45) is -0.0963. The monoisotopic (exact) mass is 449 g/mol. The maximum Gasteiger partial charge on any atom is 0.434 e. The molecular weight excluding hydrogens is 419 g/mol. The molecule has 9 heteroatoms. The van der Waals surface area contributed by atoms with Gasteiger partial charge in [-0.25, -0.2) is 0 Å². The molecule has 3 aliphatic rings. The van der Waals surface area contributed by atoms with Crippen molar-refractivity contribution in [1.82, 2.24) is 20.1 Å². The van der Waals surface area contributed by atoms with Crippen LogP contribution in [0.1, 0.15) is 34.1 Å². The molecule has 5 rings (SSSR count). The summed E-state index contributed by atoms with van der Waals surface area (Å²) < 4.78 is 62.5. The number of aromatic nitrogens is 3. The zero-order valence-electron chi connectivity index (χ0n) is 19.7. The molecule has 0 spiro atoms. The molecule has 2 atom stereocenters. The molecule has 0 bridgehead atoms. The fraction of sp³-hybridized carbons (Fsp3) is 0.609. The van der Waals surface area contributed by atoms with E-state index in [9.17, 15) is 13.2 Å². The van der Waals surface area contributed by atoms with Crippen molar-refractivity contribution in [3.05, 3.63) is 36.2 Å². The van der Waals surface area contributed by atoms with E-state index in [2.05, 4.69) is 20.5 Å². The highest BCUT2D eigenvalue weighted by Crippen LogP contribution is 2.40. The Labute approximate surface area is 188 Å². The molecule has 0 amide bonds. The second-order valence-corrected chi connectivity index (χ2v) is 8.95. The first-order chi connectivity index (χ1) is 16.2. The van der Waals surface area contributed by atoms with Gasteiger partial charge in [0.25, 0.3) is 0 Å². The zero-order chi connectivity index (χ0) is 23.9. The van der Waals surface area contributed by atoms with Crippen molar-refractivity contribution in [2.75, 3.05) is 38.1 Å². The van der Waals surface area contributed by atoms with Crippen LogP contribution in [0, 0.1) is 17.8 Å². The third-order valence-corrected chi connectivity index (χ3v) is 6.71. The molecule has 172 valence electrons. The molecular formula is C23H28F3N5O. The van der Waals surface area contributed by atoms with Crippen LogP contribution in [0.2, 0.25) is 0 Å². The van der Waals surface area contributed by atoms with E-state index < -0.39 is 18.4 Å². The number of hydrogen-bond donors (Lipinski definition) is 1. The van der Waals surface area contributed by atoms with Crippen molar-refractivity contribution in [2.45, 2.75) is 37.9 Å². The first-order valence-corrected chi connectivity index (χ1v) is 11.2. The van der Waals surface area contributed by atoms with Crippen LogP contribution in [-0.4, -0.2) is 58.9 Å². The van der Waals surface area contributed by atoms with Crippen LogP contribution in [0.4, 0.5) is 19.0 Å². The summed E-state index contributed by atoms with van der Waals surface area (Å²) in [5.74, 6) is 1.38. The second-order valence-electron chi connectivity index (χ2n) is 8.95. The minimum atomic E-state index is -4.56. The lowest BCUT2D eigenvalue weighted by Crippen LogP contribution is -2.32. The number of rotatable bonds is 5. The van der Waals surface area contributed by atoms with Gasteiger partial charge in [-0.05, 0) is 67.7 Å². The van der Waals surface area contributed by atoms with E-state index in [1.54, 1.807) is 6.07 Å². The summed E-state index contributed by atoms with van der Waals surface area (Å²) in [6, 6.07) is 6.16. The number of fused-ring (bicyclic) bond motifs is 1. The van der Waals surface area contributed by atoms with Gasteiger partial charge in [-0.1, -0.05) is 0 Å². The molecule has 2 aromatic rings. The van der Waals surface area contributed by atoms with Crippen LogP contribution >= 0.6 is 0 Å². The summed E-state index contributed by atoms with van der Waals surface area (Å²) in [7, 11) is 0. The second kappa shape index (κ2) is 8.94. The molecule has 3 fully saturated rings. The van der Waals surface area contributed by atoms with Gasteiger partial charge in [0, 0.05) is 53.3 Å². The van der Waals surface area contributed by atoms with E-state index >= 15 is 0 Å². The fourth-order valence-corrected chi connectivity index (χ4v) is 5.21. The van der Waals surface area contributed by atoms with Crippen LogP contribution < -0.4 is 5.32 Å². The molecule has 1 saturated carbocycles. The van der Waals surface area contributed by atoms with Crippen LogP contribution in [0.15, 0.2) is 30.5 Å². The van der Waals surface area contributed by atoms with Crippen LogP contribution in [0.3, 0.4) is 0 Å². The van der Waals surface area contributed by atoms with E-state index in [1.807, 2.05) is 4.90 Å². The lowest BCUT2D eigenvalue weighted by Gasteiger charge is -2.27. The molecule has 2 saturated heterocycles. The van der Waals surface area contributed by atoms with Crippen molar-refractivity contribution in [3.63, 3.8) is 0 Å². The highest BCUT2D eigenvalue weighted by Gasteiger charge is 2.41. The van der Waals surface area contributed by atoms with E-state index in [0.29, 0.717) is 30.9 Å². The summed E-state index contributed by atoms with van der Waals surface area (Å²) in [4.78, 5) is 5.50. The molecule has 32 heavy (non-hydrogen) atoms. The first kappa shape index (κ1) is 19.2. The average molecular weight is 450 g/mol. The van der Waals surface area contributed by atoms with Crippen molar-refractivity contribution >= 4 is 5.82 Å². The number of anilines is 1. The Balaban J connectivity index is 1.19. The number of alkyl halides is 3. The van der Waals surface area contributed by atoms with Gasteiger partial charge in [-0.2, -0.15) is 13.2 Å². The Kier molecular flexibility index (Phi) is 5.37. The lowest BCUT2D eigenvalue weighted by molar-refractivity contribution is -0.140. The van der Waals surface area contributed by atoms with E-state index in [0.717, 1.165) is 45.0 Å². The SMILES string of the molecule is [2H]C([2H])(C1CCOCC1)N1CC2CC(Nc3ccc(-c4cccnc4C(F)(F)F)nn3)CC2C1.